The van der Waals surface area contributed by atoms with Gasteiger partial charge >= 0.3 is 0 Å². The summed E-state index contributed by atoms with van der Waals surface area (Å²) in [5, 5.41) is 10.1. The third-order valence-electron chi connectivity index (χ3n) is 5.41. The minimum atomic E-state index is -0.312. The van der Waals surface area contributed by atoms with Crippen LogP contribution in [0.15, 0.2) is 70.8 Å². The van der Waals surface area contributed by atoms with Gasteiger partial charge in [0, 0.05) is 35.5 Å². The van der Waals surface area contributed by atoms with Crippen molar-refractivity contribution in [2.45, 2.75) is 26.3 Å². The van der Waals surface area contributed by atoms with Gasteiger partial charge in [0.25, 0.3) is 5.56 Å². The molecule has 0 unspecified atom stereocenters. The molecule has 0 fully saturated rings. The number of methoxy groups -OCH3 is 1. The Kier molecular flexibility index (Phi) is 7.49. The molecule has 8 heteroatoms. The Labute approximate surface area is 202 Å². The predicted octanol–water partition coefficient (Wildman–Crippen LogP) is 3.96. The summed E-state index contributed by atoms with van der Waals surface area (Å²) in [7, 11) is 1.64. The minimum absolute atomic E-state index is 0.131. The maximum atomic E-state index is 12.4. The highest BCUT2D eigenvalue weighted by Gasteiger charge is 2.09. The highest BCUT2D eigenvalue weighted by molar-refractivity contribution is 7.13. The number of nitrogens with one attached hydrogen (secondary N) is 1. The molecule has 174 valence electrons. The molecular formula is C26H26N4O3S. The number of benzene rings is 2. The van der Waals surface area contributed by atoms with Crippen LogP contribution in [0.3, 0.4) is 0 Å². The van der Waals surface area contributed by atoms with Gasteiger partial charge in [-0.25, -0.2) is 9.67 Å². The molecule has 1 N–H and O–H groups in total. The summed E-state index contributed by atoms with van der Waals surface area (Å²) in [6.07, 6.45) is 1.56. The molecule has 7 nitrogen and oxygen atoms in total. The summed E-state index contributed by atoms with van der Waals surface area (Å²) in [4.78, 5) is 29.3. The van der Waals surface area contributed by atoms with E-state index >= 15 is 0 Å². The molecule has 2 heterocycles. The number of ether oxygens (including phenoxy) is 1. The first-order chi connectivity index (χ1) is 16.6. The van der Waals surface area contributed by atoms with Gasteiger partial charge in [-0.05, 0) is 42.3 Å². The van der Waals surface area contributed by atoms with Crippen molar-refractivity contribution in [3.8, 4) is 27.6 Å². The van der Waals surface area contributed by atoms with Crippen LogP contribution in [-0.2, 0) is 24.2 Å². The fourth-order valence-electron chi connectivity index (χ4n) is 3.44. The smallest absolute Gasteiger partial charge is 0.267 e. The number of aryl methyl sites for hydroxylation is 1. The SMILES string of the molecule is CCc1ccc(-c2ccc(=O)n(CC(=O)NCCc3csc(-c4ccc(OC)cc4)n3)n2)cc1. The van der Waals surface area contributed by atoms with Crippen LogP contribution in [0.1, 0.15) is 18.2 Å². The van der Waals surface area contributed by atoms with Crippen molar-refractivity contribution >= 4 is 17.2 Å². The van der Waals surface area contributed by atoms with Crippen molar-refractivity contribution in [2.75, 3.05) is 13.7 Å². The first kappa shape index (κ1) is 23.4. The first-order valence-corrected chi connectivity index (χ1v) is 12.0. The van der Waals surface area contributed by atoms with Gasteiger partial charge in [0.05, 0.1) is 18.5 Å². The lowest BCUT2D eigenvalue weighted by Gasteiger charge is -2.08. The lowest BCUT2D eigenvalue weighted by Crippen LogP contribution is -2.34. The van der Waals surface area contributed by atoms with Crippen LogP contribution in [0.25, 0.3) is 21.8 Å². The van der Waals surface area contributed by atoms with E-state index in [1.54, 1.807) is 24.5 Å². The Balaban J connectivity index is 1.32. The molecule has 0 aliphatic rings. The average molecular weight is 475 g/mol. The van der Waals surface area contributed by atoms with Crippen LogP contribution in [0.2, 0.25) is 0 Å². The van der Waals surface area contributed by atoms with E-state index in [1.807, 2.05) is 53.9 Å². The molecule has 0 spiro atoms. The molecule has 4 rings (SSSR count). The number of amides is 1. The summed E-state index contributed by atoms with van der Waals surface area (Å²) in [6, 6.07) is 18.9. The van der Waals surface area contributed by atoms with Crippen LogP contribution in [0.5, 0.6) is 5.75 Å². The Hall–Kier alpha value is -3.78. The molecule has 2 aromatic carbocycles. The fraction of sp³-hybridized carbons (Fsp3) is 0.231. The molecule has 4 aromatic rings. The van der Waals surface area contributed by atoms with Crippen molar-refractivity contribution in [1.82, 2.24) is 20.1 Å². The topological polar surface area (TPSA) is 86.1 Å². The van der Waals surface area contributed by atoms with Crippen molar-refractivity contribution in [3.05, 3.63) is 87.7 Å². The number of carbonyl (C=O) groups is 1. The summed E-state index contributed by atoms with van der Waals surface area (Å²) < 4.78 is 6.39. The molecule has 0 aliphatic heterocycles. The zero-order chi connectivity index (χ0) is 23.9. The molecule has 0 saturated heterocycles. The number of thiazole rings is 1. The standard InChI is InChI=1S/C26H26N4O3S/c1-3-18-4-6-19(7-5-18)23-12-13-25(32)30(29-23)16-24(31)27-15-14-21-17-34-26(28-21)20-8-10-22(33-2)11-9-20/h4-13,17H,3,14-16H2,1-2H3,(H,27,31). The molecule has 34 heavy (non-hydrogen) atoms. The van der Waals surface area contributed by atoms with Gasteiger partial charge in [0.1, 0.15) is 17.3 Å². The van der Waals surface area contributed by atoms with E-state index < -0.39 is 0 Å². The summed E-state index contributed by atoms with van der Waals surface area (Å²) >= 11 is 1.56. The zero-order valence-corrected chi connectivity index (χ0v) is 20.0. The van der Waals surface area contributed by atoms with Gasteiger partial charge in [-0.3, -0.25) is 9.59 Å². The second-order valence-electron chi connectivity index (χ2n) is 7.74. The van der Waals surface area contributed by atoms with E-state index in [4.69, 9.17) is 4.74 Å². The average Bonchev–Trinajstić information content (AvgIpc) is 3.34. The van der Waals surface area contributed by atoms with Gasteiger partial charge in [0.15, 0.2) is 0 Å². The molecule has 0 saturated carbocycles. The van der Waals surface area contributed by atoms with Crippen LogP contribution < -0.4 is 15.6 Å². The Morgan fingerprint density at radius 2 is 1.76 bits per heavy atom. The van der Waals surface area contributed by atoms with Crippen molar-refractivity contribution in [2.24, 2.45) is 0 Å². The lowest BCUT2D eigenvalue weighted by molar-refractivity contribution is -0.121. The second-order valence-corrected chi connectivity index (χ2v) is 8.60. The van der Waals surface area contributed by atoms with Gasteiger partial charge in [-0.1, -0.05) is 31.2 Å². The lowest BCUT2D eigenvalue weighted by atomic mass is 10.1. The number of hydrogen-bond acceptors (Lipinski definition) is 6. The van der Waals surface area contributed by atoms with Crippen LogP contribution in [0, 0.1) is 0 Å². The number of aromatic nitrogens is 3. The molecule has 2 aromatic heterocycles. The van der Waals surface area contributed by atoms with Crippen LogP contribution >= 0.6 is 11.3 Å². The van der Waals surface area contributed by atoms with Crippen molar-refractivity contribution < 1.29 is 9.53 Å². The second kappa shape index (κ2) is 10.9. The highest BCUT2D eigenvalue weighted by Crippen LogP contribution is 2.25. The largest absolute Gasteiger partial charge is 0.497 e. The van der Waals surface area contributed by atoms with E-state index in [2.05, 4.69) is 22.3 Å². The van der Waals surface area contributed by atoms with E-state index in [0.29, 0.717) is 18.7 Å². The van der Waals surface area contributed by atoms with Crippen LogP contribution in [-0.4, -0.2) is 34.3 Å². The first-order valence-electron chi connectivity index (χ1n) is 11.1. The Morgan fingerprint density at radius 3 is 2.47 bits per heavy atom. The number of hydrogen-bond donors (Lipinski definition) is 1. The zero-order valence-electron chi connectivity index (χ0n) is 19.2. The van der Waals surface area contributed by atoms with Gasteiger partial charge in [-0.15, -0.1) is 11.3 Å². The summed E-state index contributed by atoms with van der Waals surface area (Å²) in [5.41, 5.74) is 4.41. The normalized spacial score (nSPS) is 10.8. The van der Waals surface area contributed by atoms with Gasteiger partial charge in [0.2, 0.25) is 5.91 Å². The molecule has 0 bridgehead atoms. The number of rotatable bonds is 9. The third-order valence-corrected chi connectivity index (χ3v) is 6.35. The number of carbonyl (C=O) groups excluding carboxylic acids is 1. The maximum absolute atomic E-state index is 12.4. The highest BCUT2D eigenvalue weighted by atomic mass is 32.1. The predicted molar refractivity (Wildman–Crippen MR) is 134 cm³/mol. The van der Waals surface area contributed by atoms with Gasteiger partial charge in [-0.2, -0.15) is 5.10 Å². The molecule has 0 aliphatic carbocycles. The van der Waals surface area contributed by atoms with Crippen molar-refractivity contribution in [1.29, 1.82) is 0 Å². The number of nitrogens with zero attached hydrogens (tertiary/aromatic N) is 3. The Morgan fingerprint density at radius 1 is 1.03 bits per heavy atom. The molecular weight excluding hydrogens is 448 g/mol. The molecule has 0 atom stereocenters. The van der Waals surface area contributed by atoms with E-state index in [0.717, 1.165) is 34.0 Å². The summed E-state index contributed by atoms with van der Waals surface area (Å²) in [5.74, 6) is 0.537. The Bertz CT molecular complexity index is 1310. The van der Waals surface area contributed by atoms with Crippen molar-refractivity contribution in [3.63, 3.8) is 0 Å². The van der Waals surface area contributed by atoms with E-state index in [9.17, 15) is 9.59 Å². The molecule has 0 radical (unpaired) electrons. The molecule has 1 amide bonds. The van der Waals surface area contributed by atoms with Gasteiger partial charge < -0.3 is 10.1 Å². The fourth-order valence-corrected chi connectivity index (χ4v) is 4.30. The summed E-state index contributed by atoms with van der Waals surface area (Å²) in [6.45, 7) is 2.39. The van der Waals surface area contributed by atoms with Crippen LogP contribution in [0.4, 0.5) is 0 Å². The minimum Gasteiger partial charge on any atom is -0.497 e. The van der Waals surface area contributed by atoms with E-state index in [1.165, 1.54) is 16.3 Å². The monoisotopic (exact) mass is 474 g/mol. The third kappa shape index (κ3) is 5.77. The maximum Gasteiger partial charge on any atom is 0.267 e. The quantitative estimate of drug-likeness (QED) is 0.397. The van der Waals surface area contributed by atoms with E-state index in [-0.39, 0.29) is 18.0 Å².